The van der Waals surface area contributed by atoms with Crippen LogP contribution in [0.25, 0.3) is 10.8 Å². The Balaban J connectivity index is 0.000000191. The van der Waals surface area contributed by atoms with Crippen LogP contribution >= 0.6 is 0 Å². The smallest absolute Gasteiger partial charge is 0.339 e. The summed E-state index contributed by atoms with van der Waals surface area (Å²) in [7, 11) is -8.90. The van der Waals surface area contributed by atoms with Gasteiger partial charge in [-0.1, -0.05) is 78.4 Å². The number of rotatable bonds is 8. The fourth-order valence-corrected chi connectivity index (χ4v) is 8.66. The number of hydrogen-bond acceptors (Lipinski definition) is 7. The van der Waals surface area contributed by atoms with Gasteiger partial charge in [0.2, 0.25) is 0 Å². The monoisotopic (exact) mass is 712 g/mol. The van der Waals surface area contributed by atoms with Gasteiger partial charge in [-0.3, -0.25) is 0 Å². The van der Waals surface area contributed by atoms with Crippen molar-refractivity contribution in [2.24, 2.45) is 0 Å². The minimum absolute atomic E-state index is 0.0253. The van der Waals surface area contributed by atoms with Gasteiger partial charge in [0, 0.05) is 10.8 Å². The van der Waals surface area contributed by atoms with Crippen LogP contribution in [0.4, 0.5) is 0 Å². The van der Waals surface area contributed by atoms with Crippen molar-refractivity contribution in [3.05, 3.63) is 151 Å². The molecule has 0 spiro atoms. The topological polar surface area (TPSA) is 110 Å². The van der Waals surface area contributed by atoms with Gasteiger partial charge in [-0.25, -0.2) is 8.42 Å². The van der Waals surface area contributed by atoms with E-state index in [-0.39, 0.29) is 37.9 Å². The van der Waals surface area contributed by atoms with E-state index in [4.69, 9.17) is 8.92 Å². The molecular formula is C39H36O7S3. The summed E-state index contributed by atoms with van der Waals surface area (Å²) in [5.41, 5.74) is 0.719. The Morgan fingerprint density at radius 3 is 1.61 bits per heavy atom. The molecule has 0 amide bonds. The minimum atomic E-state index is -4.70. The highest BCUT2D eigenvalue weighted by Gasteiger charge is 2.28. The van der Waals surface area contributed by atoms with Crippen molar-refractivity contribution in [1.29, 1.82) is 0 Å². The molecule has 49 heavy (non-hydrogen) atoms. The maximum atomic E-state index is 12.4. The Morgan fingerprint density at radius 2 is 1.08 bits per heavy atom. The third-order valence-corrected chi connectivity index (χ3v) is 11.4. The van der Waals surface area contributed by atoms with Gasteiger partial charge in [0.1, 0.15) is 26.4 Å². The second-order valence-electron chi connectivity index (χ2n) is 12.0. The van der Waals surface area contributed by atoms with Crippen LogP contribution in [0.1, 0.15) is 26.3 Å². The van der Waals surface area contributed by atoms with E-state index in [0.717, 1.165) is 11.3 Å². The Bertz CT molecular complexity index is 2190. The molecule has 0 bridgehead atoms. The molecule has 0 atom stereocenters. The molecule has 0 saturated heterocycles. The summed E-state index contributed by atoms with van der Waals surface area (Å²) < 4.78 is 70.2. The molecule has 0 fully saturated rings. The highest BCUT2D eigenvalue weighted by atomic mass is 32.2. The lowest BCUT2D eigenvalue weighted by Crippen LogP contribution is -2.22. The molecule has 10 heteroatoms. The predicted molar refractivity (Wildman–Crippen MR) is 193 cm³/mol. The van der Waals surface area contributed by atoms with Crippen LogP contribution in [-0.2, 0) is 31.1 Å². The quantitative estimate of drug-likeness (QED) is 0.0882. The molecule has 0 N–H and O–H groups in total. The van der Waals surface area contributed by atoms with Gasteiger partial charge in [-0.15, -0.1) is 0 Å². The lowest BCUT2D eigenvalue weighted by atomic mass is 10.1. The van der Waals surface area contributed by atoms with E-state index < -0.39 is 25.1 Å². The lowest BCUT2D eigenvalue weighted by molar-refractivity contribution is 0.131. The average molecular weight is 713 g/mol. The molecule has 0 radical (unpaired) electrons. The van der Waals surface area contributed by atoms with E-state index in [2.05, 4.69) is 106 Å². The van der Waals surface area contributed by atoms with E-state index in [1.807, 2.05) is 6.92 Å². The number of hydrogen-bond donors (Lipinski definition) is 0. The summed E-state index contributed by atoms with van der Waals surface area (Å²) in [5.74, 6) is 0.861. The highest BCUT2D eigenvalue weighted by Crippen LogP contribution is 2.33. The number of ether oxygens (including phenoxy) is 1. The van der Waals surface area contributed by atoms with Crippen molar-refractivity contribution in [3.8, 4) is 11.5 Å². The second kappa shape index (κ2) is 14.9. The van der Waals surface area contributed by atoms with Gasteiger partial charge in [0.25, 0.3) is 0 Å². The fraction of sp³-hybridized carbons (Fsp3) is 0.128. The van der Waals surface area contributed by atoms with Gasteiger partial charge in [-0.05, 0) is 100 Å². The average Bonchev–Trinajstić information content (AvgIpc) is 3.06. The molecule has 0 heterocycles. The van der Waals surface area contributed by atoms with Gasteiger partial charge in [0.15, 0.2) is 20.4 Å². The van der Waals surface area contributed by atoms with Crippen LogP contribution in [0, 0.1) is 6.92 Å². The van der Waals surface area contributed by atoms with Crippen molar-refractivity contribution in [1.82, 2.24) is 0 Å². The Hall–Kier alpha value is -4.61. The van der Waals surface area contributed by atoms with Crippen LogP contribution < -0.4 is 8.92 Å². The second-order valence-corrected chi connectivity index (χ2v) is 17.0. The standard InChI is InChI=1S/C22H23OS.C17H14O6S2/c1-22(2,3)23-18-14-16-21(17-15-18)24(19-10-6-4-7-11-19)20-12-8-5-9-13-20;1-12-8-10-13(11-9-12)25(21,22)23-16-6-2-5-15-14(16)4-3-7-17(15)24(18,19)20/h4-17H,1-3H3;2-11H,1H3,(H,18,19,20)/q+1;/p-1. The van der Waals surface area contributed by atoms with Crippen molar-refractivity contribution in [2.75, 3.05) is 0 Å². The molecule has 6 aromatic rings. The van der Waals surface area contributed by atoms with Crippen molar-refractivity contribution in [3.63, 3.8) is 0 Å². The zero-order chi connectivity index (χ0) is 35.2. The van der Waals surface area contributed by atoms with E-state index >= 15 is 0 Å². The largest absolute Gasteiger partial charge is 0.744 e. The van der Waals surface area contributed by atoms with Crippen molar-refractivity contribution >= 4 is 41.9 Å². The maximum absolute atomic E-state index is 12.4. The van der Waals surface area contributed by atoms with Crippen LogP contribution in [0.15, 0.2) is 170 Å². The molecule has 252 valence electrons. The first kappa shape index (κ1) is 35.7. The molecular weight excluding hydrogens is 677 g/mol. The van der Waals surface area contributed by atoms with Gasteiger partial charge < -0.3 is 13.5 Å². The van der Waals surface area contributed by atoms with E-state index in [0.29, 0.717) is 0 Å². The lowest BCUT2D eigenvalue weighted by Gasteiger charge is -2.21. The molecule has 0 saturated carbocycles. The number of fused-ring (bicyclic) bond motifs is 1. The summed E-state index contributed by atoms with van der Waals surface area (Å²) >= 11 is 0. The summed E-state index contributed by atoms with van der Waals surface area (Å²) in [6.07, 6.45) is 0. The molecule has 0 aliphatic rings. The normalized spacial score (nSPS) is 11.9. The summed E-state index contributed by atoms with van der Waals surface area (Å²) in [5, 5.41) is 0.323. The highest BCUT2D eigenvalue weighted by molar-refractivity contribution is 7.97. The molecule has 6 rings (SSSR count). The fourth-order valence-electron chi connectivity index (χ4n) is 4.93. The molecule has 0 aromatic heterocycles. The predicted octanol–water partition coefficient (Wildman–Crippen LogP) is 8.78. The SMILES string of the molecule is CC(C)(C)Oc1ccc([S+](c2ccccc2)c2ccccc2)cc1.Cc1ccc(S(=O)(=O)Oc2cccc3c(S(=O)(=O)[O-])cccc23)cc1. The van der Waals surface area contributed by atoms with Crippen LogP contribution in [0.2, 0.25) is 0 Å². The zero-order valence-corrected chi connectivity index (χ0v) is 29.9. The Morgan fingerprint density at radius 1 is 0.571 bits per heavy atom. The Labute approximate surface area is 291 Å². The van der Waals surface area contributed by atoms with Crippen LogP contribution in [0.5, 0.6) is 11.5 Å². The molecule has 6 aromatic carbocycles. The maximum Gasteiger partial charge on any atom is 0.339 e. The first-order valence-corrected chi connectivity index (χ1v) is 19.4. The summed E-state index contributed by atoms with van der Waals surface area (Å²) in [6, 6.07) is 44.3. The first-order valence-electron chi connectivity index (χ1n) is 15.3. The summed E-state index contributed by atoms with van der Waals surface area (Å²) in [4.78, 5) is 3.50. The van der Waals surface area contributed by atoms with Crippen molar-refractivity contribution in [2.45, 2.75) is 57.8 Å². The van der Waals surface area contributed by atoms with Crippen LogP contribution in [0.3, 0.4) is 0 Å². The molecule has 0 aliphatic carbocycles. The summed E-state index contributed by atoms with van der Waals surface area (Å²) in [6.45, 7) is 8.03. The molecule has 0 unspecified atom stereocenters. The van der Waals surface area contributed by atoms with Crippen molar-refractivity contribution < 1.29 is 30.3 Å². The van der Waals surface area contributed by atoms with E-state index in [1.54, 1.807) is 12.1 Å². The Kier molecular flexibility index (Phi) is 10.8. The van der Waals surface area contributed by atoms with Crippen LogP contribution in [-0.4, -0.2) is 27.0 Å². The van der Waals surface area contributed by atoms with Gasteiger partial charge in [-0.2, -0.15) is 8.42 Å². The number of benzene rings is 6. The molecule has 7 nitrogen and oxygen atoms in total. The first-order chi connectivity index (χ1) is 23.2. The van der Waals surface area contributed by atoms with Gasteiger partial charge in [0.05, 0.1) is 15.8 Å². The molecule has 0 aliphatic heterocycles. The minimum Gasteiger partial charge on any atom is -0.744 e. The zero-order valence-electron chi connectivity index (χ0n) is 27.4. The third-order valence-electron chi connectivity index (χ3n) is 7.06. The third kappa shape index (κ3) is 9.30. The van der Waals surface area contributed by atoms with Gasteiger partial charge >= 0.3 is 10.1 Å². The van der Waals surface area contributed by atoms with E-state index in [1.165, 1.54) is 63.2 Å². The number of aryl methyl sites for hydroxylation is 1. The van der Waals surface area contributed by atoms with E-state index in [9.17, 15) is 21.4 Å².